The Labute approximate surface area is 146 Å². The molecule has 0 unspecified atom stereocenters. The molecule has 0 spiro atoms. The van der Waals surface area contributed by atoms with Crippen molar-refractivity contribution in [2.75, 3.05) is 60.4 Å². The number of nitrogens with zero attached hydrogens (tertiary/aromatic N) is 3. The first-order valence-corrected chi connectivity index (χ1v) is 9.88. The average Bonchev–Trinajstić information content (AvgIpc) is 2.61. The first kappa shape index (κ1) is 22.8. The lowest BCUT2D eigenvalue weighted by Crippen LogP contribution is -2.43. The number of hydrogen-bond acceptors (Lipinski definition) is 4. The highest BCUT2D eigenvalue weighted by Crippen LogP contribution is 2.14. The second-order valence-corrected chi connectivity index (χ2v) is 6.70. The molecule has 0 aliphatic carbocycles. The molecule has 0 aromatic heterocycles. The van der Waals surface area contributed by atoms with Gasteiger partial charge in [0.1, 0.15) is 0 Å². The number of hydrogen-bond donors (Lipinski definition) is 1. The van der Waals surface area contributed by atoms with Gasteiger partial charge in [0, 0.05) is 12.1 Å². The van der Waals surface area contributed by atoms with Crippen molar-refractivity contribution < 1.29 is 0 Å². The topological polar surface area (TPSA) is 21.8 Å². The van der Waals surface area contributed by atoms with Gasteiger partial charge in [-0.15, -0.1) is 0 Å². The molecule has 0 radical (unpaired) electrons. The van der Waals surface area contributed by atoms with E-state index in [1.807, 2.05) is 13.8 Å². The van der Waals surface area contributed by atoms with Crippen LogP contribution in [0.5, 0.6) is 0 Å². The molecule has 2 aliphatic rings. The Morgan fingerprint density at radius 2 is 1.35 bits per heavy atom. The first-order chi connectivity index (χ1) is 11.1. The van der Waals surface area contributed by atoms with Crippen LogP contribution in [-0.4, -0.2) is 87.2 Å². The van der Waals surface area contributed by atoms with Crippen LogP contribution in [0.3, 0.4) is 0 Å². The zero-order chi connectivity index (χ0) is 17.7. The Balaban J connectivity index is 0.000000392. The third kappa shape index (κ3) is 9.65. The van der Waals surface area contributed by atoms with Crippen molar-refractivity contribution in [2.24, 2.45) is 0 Å². The molecule has 0 aromatic rings. The van der Waals surface area contributed by atoms with E-state index in [1.165, 1.54) is 65.0 Å². The second kappa shape index (κ2) is 14.2. The highest BCUT2D eigenvalue weighted by molar-refractivity contribution is 4.77. The van der Waals surface area contributed by atoms with Gasteiger partial charge in [-0.1, -0.05) is 27.7 Å². The molecule has 0 saturated carbocycles. The lowest BCUT2D eigenvalue weighted by atomic mass is 10.0. The molecule has 140 valence electrons. The predicted octanol–water partition coefficient (Wildman–Crippen LogP) is 2.75. The van der Waals surface area contributed by atoms with E-state index in [0.717, 1.165) is 12.1 Å². The fourth-order valence-corrected chi connectivity index (χ4v) is 3.42. The molecule has 23 heavy (non-hydrogen) atoms. The van der Waals surface area contributed by atoms with Crippen LogP contribution in [0.1, 0.15) is 53.4 Å². The molecule has 4 nitrogen and oxygen atoms in total. The fraction of sp³-hybridized carbons (Fsp3) is 1.00. The third-order valence-electron chi connectivity index (χ3n) is 5.06. The SMILES string of the molecule is CC.CCN(CC)C1CCN(C)CC1.CN(C)C1CCNCC1. The van der Waals surface area contributed by atoms with Gasteiger partial charge in [0.05, 0.1) is 0 Å². The van der Waals surface area contributed by atoms with Crippen molar-refractivity contribution in [3.63, 3.8) is 0 Å². The first-order valence-electron chi connectivity index (χ1n) is 9.88. The highest BCUT2D eigenvalue weighted by atomic mass is 15.2. The fourth-order valence-electron chi connectivity index (χ4n) is 3.42. The van der Waals surface area contributed by atoms with Crippen molar-refractivity contribution in [3.05, 3.63) is 0 Å². The van der Waals surface area contributed by atoms with E-state index >= 15 is 0 Å². The second-order valence-electron chi connectivity index (χ2n) is 6.70. The molecule has 2 rings (SSSR count). The van der Waals surface area contributed by atoms with Crippen LogP contribution in [0.25, 0.3) is 0 Å². The van der Waals surface area contributed by atoms with Gasteiger partial charge in [-0.2, -0.15) is 0 Å². The van der Waals surface area contributed by atoms with Crippen molar-refractivity contribution in [1.29, 1.82) is 0 Å². The minimum atomic E-state index is 0.825. The summed E-state index contributed by atoms with van der Waals surface area (Å²) in [5.41, 5.74) is 0. The maximum absolute atomic E-state index is 3.34. The Kier molecular flexibility index (Phi) is 14.1. The van der Waals surface area contributed by atoms with E-state index in [1.54, 1.807) is 0 Å². The molecule has 2 fully saturated rings. The summed E-state index contributed by atoms with van der Waals surface area (Å²) < 4.78 is 0. The summed E-state index contributed by atoms with van der Waals surface area (Å²) in [6, 6.07) is 1.68. The molecule has 0 aromatic carbocycles. The Morgan fingerprint density at radius 3 is 1.70 bits per heavy atom. The smallest absolute Gasteiger partial charge is 0.0119 e. The van der Waals surface area contributed by atoms with Gasteiger partial charge in [-0.25, -0.2) is 0 Å². The average molecular weight is 329 g/mol. The number of rotatable bonds is 4. The van der Waals surface area contributed by atoms with Gasteiger partial charge in [-0.3, -0.25) is 0 Å². The third-order valence-corrected chi connectivity index (χ3v) is 5.06. The zero-order valence-electron chi connectivity index (χ0n) is 17.1. The summed E-state index contributed by atoms with van der Waals surface area (Å²) in [4.78, 5) is 7.34. The number of nitrogens with one attached hydrogen (secondary N) is 1. The molecule has 0 atom stereocenters. The maximum atomic E-state index is 3.34. The van der Waals surface area contributed by atoms with E-state index in [0.29, 0.717) is 0 Å². The van der Waals surface area contributed by atoms with E-state index in [9.17, 15) is 0 Å². The lowest BCUT2D eigenvalue weighted by molar-refractivity contribution is 0.131. The molecule has 2 heterocycles. The summed E-state index contributed by atoms with van der Waals surface area (Å²) in [5, 5.41) is 3.34. The van der Waals surface area contributed by atoms with Crippen molar-refractivity contribution in [1.82, 2.24) is 20.0 Å². The highest BCUT2D eigenvalue weighted by Gasteiger charge is 2.20. The molecule has 0 amide bonds. The van der Waals surface area contributed by atoms with Crippen molar-refractivity contribution in [2.45, 2.75) is 65.5 Å². The van der Waals surface area contributed by atoms with Gasteiger partial charge >= 0.3 is 0 Å². The number of piperidine rings is 2. The van der Waals surface area contributed by atoms with E-state index in [2.05, 4.69) is 55.0 Å². The molecule has 1 N–H and O–H groups in total. The zero-order valence-corrected chi connectivity index (χ0v) is 17.1. The van der Waals surface area contributed by atoms with Crippen LogP contribution in [0.2, 0.25) is 0 Å². The minimum Gasteiger partial charge on any atom is -0.317 e. The van der Waals surface area contributed by atoms with E-state index < -0.39 is 0 Å². The van der Waals surface area contributed by atoms with Gasteiger partial charge in [0.2, 0.25) is 0 Å². The minimum absolute atomic E-state index is 0.825. The Morgan fingerprint density at radius 1 is 0.870 bits per heavy atom. The quantitative estimate of drug-likeness (QED) is 0.856. The van der Waals surface area contributed by atoms with Crippen LogP contribution >= 0.6 is 0 Å². The molecule has 2 saturated heterocycles. The molecule has 4 heteroatoms. The standard InChI is InChI=1S/C10H22N2.C7H16N2.C2H6/c1-4-12(5-2)10-6-8-11(3)9-7-10;1-9(2)7-3-5-8-6-4-7;1-2/h10H,4-9H2,1-3H3;7-8H,3-6H2,1-2H3;1-2H3. The van der Waals surface area contributed by atoms with Gasteiger partial charge in [-0.05, 0) is 86.1 Å². The summed E-state index contributed by atoms with van der Waals surface area (Å²) in [6.07, 6.45) is 5.34. The number of likely N-dealkylation sites (tertiary alicyclic amines) is 1. The Hall–Kier alpha value is -0.160. The molecular weight excluding hydrogens is 284 g/mol. The summed E-state index contributed by atoms with van der Waals surface area (Å²) in [6.45, 7) is 15.9. The Bertz CT molecular complexity index is 240. The van der Waals surface area contributed by atoms with Crippen LogP contribution in [0.4, 0.5) is 0 Å². The molecule has 2 aliphatic heterocycles. The normalized spacial score (nSPS) is 20.7. The van der Waals surface area contributed by atoms with Crippen LogP contribution in [0.15, 0.2) is 0 Å². The van der Waals surface area contributed by atoms with Gasteiger partial charge in [0.25, 0.3) is 0 Å². The van der Waals surface area contributed by atoms with E-state index in [-0.39, 0.29) is 0 Å². The predicted molar refractivity (Wildman–Crippen MR) is 104 cm³/mol. The van der Waals surface area contributed by atoms with Crippen molar-refractivity contribution >= 4 is 0 Å². The molecule has 0 bridgehead atoms. The summed E-state index contributed by atoms with van der Waals surface area (Å²) in [7, 11) is 6.55. The van der Waals surface area contributed by atoms with Crippen LogP contribution < -0.4 is 5.32 Å². The monoisotopic (exact) mass is 328 g/mol. The van der Waals surface area contributed by atoms with Crippen molar-refractivity contribution in [3.8, 4) is 0 Å². The van der Waals surface area contributed by atoms with Crippen LogP contribution in [0, 0.1) is 0 Å². The maximum Gasteiger partial charge on any atom is 0.0119 e. The van der Waals surface area contributed by atoms with E-state index in [4.69, 9.17) is 0 Å². The summed E-state index contributed by atoms with van der Waals surface area (Å²) >= 11 is 0. The largest absolute Gasteiger partial charge is 0.317 e. The summed E-state index contributed by atoms with van der Waals surface area (Å²) in [5.74, 6) is 0. The molecular formula is C19H44N4. The van der Waals surface area contributed by atoms with Gasteiger partial charge in [0.15, 0.2) is 0 Å². The van der Waals surface area contributed by atoms with Gasteiger partial charge < -0.3 is 20.0 Å². The van der Waals surface area contributed by atoms with Crippen LogP contribution in [-0.2, 0) is 0 Å². The lowest BCUT2D eigenvalue weighted by Gasteiger charge is -2.36.